The first-order valence-electron chi connectivity index (χ1n) is 4.00. The molecule has 0 aliphatic rings. The number of anilines is 1. The number of aryl methyl sites for hydroxylation is 1. The van der Waals surface area contributed by atoms with E-state index in [0.29, 0.717) is 5.82 Å². The maximum Gasteiger partial charge on any atom is 0.149 e. The van der Waals surface area contributed by atoms with Crippen LogP contribution in [0.3, 0.4) is 0 Å². The fourth-order valence-electron chi connectivity index (χ4n) is 1.27. The number of nitrogens with zero attached hydrogens (tertiary/aromatic N) is 3. The Labute approximate surface area is 76.0 Å². The number of pyridine rings is 1. The highest BCUT2D eigenvalue weighted by Gasteiger charge is 2.05. The largest absolute Gasteiger partial charge is 0.382 e. The van der Waals surface area contributed by atoms with Gasteiger partial charge in [-0.2, -0.15) is 5.10 Å². The molecule has 0 aliphatic heterocycles. The summed E-state index contributed by atoms with van der Waals surface area (Å²) in [5.41, 5.74) is 7.66. The summed E-state index contributed by atoms with van der Waals surface area (Å²) in [6.07, 6.45) is 5.25. The molecule has 0 unspecified atom stereocenters. The Kier molecular flexibility index (Phi) is 1.73. The van der Waals surface area contributed by atoms with Gasteiger partial charge in [-0.25, -0.2) is 9.67 Å². The van der Waals surface area contributed by atoms with Gasteiger partial charge in [0.05, 0.1) is 0 Å². The summed E-state index contributed by atoms with van der Waals surface area (Å²) in [5, 5.41) is 4.10. The zero-order valence-corrected chi connectivity index (χ0v) is 7.31. The zero-order chi connectivity index (χ0) is 9.26. The molecule has 2 aromatic heterocycles. The highest BCUT2D eigenvalue weighted by molar-refractivity contribution is 5.55. The van der Waals surface area contributed by atoms with E-state index in [-0.39, 0.29) is 0 Å². The van der Waals surface area contributed by atoms with Crippen molar-refractivity contribution in [3.8, 4) is 5.69 Å². The third-order valence-electron chi connectivity index (χ3n) is 1.89. The smallest absolute Gasteiger partial charge is 0.149 e. The van der Waals surface area contributed by atoms with Crippen molar-refractivity contribution in [2.75, 3.05) is 5.73 Å². The van der Waals surface area contributed by atoms with Gasteiger partial charge in [0, 0.05) is 18.6 Å². The van der Waals surface area contributed by atoms with Gasteiger partial charge < -0.3 is 5.73 Å². The summed E-state index contributed by atoms with van der Waals surface area (Å²) in [6, 6.07) is 3.76. The van der Waals surface area contributed by atoms with Gasteiger partial charge in [0.1, 0.15) is 11.5 Å². The fraction of sp³-hybridized carbons (Fsp3) is 0.111. The Hall–Kier alpha value is -1.84. The Balaban J connectivity index is 2.64. The van der Waals surface area contributed by atoms with E-state index in [2.05, 4.69) is 10.1 Å². The van der Waals surface area contributed by atoms with E-state index in [4.69, 9.17) is 5.73 Å². The first-order valence-corrected chi connectivity index (χ1v) is 4.00. The summed E-state index contributed by atoms with van der Waals surface area (Å²) in [7, 11) is 0. The molecule has 0 aromatic carbocycles. The van der Waals surface area contributed by atoms with Gasteiger partial charge in [-0.15, -0.1) is 0 Å². The average molecular weight is 174 g/mol. The van der Waals surface area contributed by atoms with Gasteiger partial charge >= 0.3 is 0 Å². The van der Waals surface area contributed by atoms with Gasteiger partial charge in [0.2, 0.25) is 0 Å². The van der Waals surface area contributed by atoms with Crippen molar-refractivity contribution in [1.29, 1.82) is 0 Å². The Morgan fingerprint density at radius 1 is 1.38 bits per heavy atom. The molecule has 2 N–H and O–H groups in total. The van der Waals surface area contributed by atoms with Crippen LogP contribution in [0, 0.1) is 6.92 Å². The molecular weight excluding hydrogens is 164 g/mol. The van der Waals surface area contributed by atoms with Crippen LogP contribution >= 0.6 is 0 Å². The maximum atomic E-state index is 5.74. The molecule has 2 heterocycles. The molecule has 4 heteroatoms. The third-order valence-corrected chi connectivity index (χ3v) is 1.89. The summed E-state index contributed by atoms with van der Waals surface area (Å²) < 4.78 is 1.72. The van der Waals surface area contributed by atoms with Gasteiger partial charge in [0.25, 0.3) is 0 Å². The fourth-order valence-corrected chi connectivity index (χ4v) is 1.27. The molecule has 0 aliphatic carbocycles. The lowest BCUT2D eigenvalue weighted by Crippen LogP contribution is -2.04. The van der Waals surface area contributed by atoms with Crippen molar-refractivity contribution < 1.29 is 0 Å². The number of hydrogen-bond acceptors (Lipinski definition) is 3. The van der Waals surface area contributed by atoms with Crippen LogP contribution in [0.25, 0.3) is 5.69 Å². The number of hydrogen-bond donors (Lipinski definition) is 1. The van der Waals surface area contributed by atoms with E-state index in [1.165, 1.54) is 0 Å². The highest BCUT2D eigenvalue weighted by atomic mass is 15.3. The molecule has 2 rings (SSSR count). The normalized spacial score (nSPS) is 10.2. The molecule has 0 atom stereocenters. The van der Waals surface area contributed by atoms with Crippen molar-refractivity contribution in [2.45, 2.75) is 6.92 Å². The standard InChI is InChI=1S/C9H10N4/c1-7-3-5-11-9(10)8(7)13-6-2-4-12-13/h2-6H,1H3,(H2,10,11). The molecule has 0 radical (unpaired) electrons. The van der Waals surface area contributed by atoms with Crippen LogP contribution in [0.2, 0.25) is 0 Å². The second-order valence-corrected chi connectivity index (χ2v) is 2.81. The van der Waals surface area contributed by atoms with E-state index < -0.39 is 0 Å². The van der Waals surface area contributed by atoms with Gasteiger partial charge in [-0.1, -0.05) is 0 Å². The third kappa shape index (κ3) is 1.26. The van der Waals surface area contributed by atoms with Crippen LogP contribution in [0.5, 0.6) is 0 Å². The van der Waals surface area contributed by atoms with Crippen LogP contribution in [0.1, 0.15) is 5.56 Å². The van der Waals surface area contributed by atoms with Crippen LogP contribution in [0.4, 0.5) is 5.82 Å². The maximum absolute atomic E-state index is 5.74. The number of rotatable bonds is 1. The SMILES string of the molecule is Cc1ccnc(N)c1-n1cccn1. The van der Waals surface area contributed by atoms with E-state index in [9.17, 15) is 0 Å². The summed E-state index contributed by atoms with van der Waals surface area (Å²) >= 11 is 0. The minimum absolute atomic E-state index is 0.503. The molecule has 0 bridgehead atoms. The van der Waals surface area contributed by atoms with E-state index in [1.807, 2.05) is 25.3 Å². The number of aromatic nitrogens is 3. The van der Waals surface area contributed by atoms with Crippen molar-refractivity contribution in [3.63, 3.8) is 0 Å². The minimum Gasteiger partial charge on any atom is -0.382 e. The average Bonchev–Trinajstić information content (AvgIpc) is 2.57. The van der Waals surface area contributed by atoms with Crippen molar-refractivity contribution in [1.82, 2.24) is 14.8 Å². The molecule has 0 amide bonds. The molecule has 2 aromatic rings. The first-order chi connectivity index (χ1) is 6.29. The van der Waals surface area contributed by atoms with Crippen LogP contribution in [-0.4, -0.2) is 14.8 Å². The molecule has 0 saturated carbocycles. The Bertz CT molecular complexity index is 385. The van der Waals surface area contributed by atoms with Crippen LogP contribution in [0.15, 0.2) is 30.7 Å². The molecule has 0 saturated heterocycles. The zero-order valence-electron chi connectivity index (χ0n) is 7.31. The summed E-state index contributed by atoms with van der Waals surface area (Å²) in [6.45, 7) is 1.98. The molecule has 66 valence electrons. The number of nitrogen functional groups attached to an aromatic ring is 1. The lowest BCUT2D eigenvalue weighted by Gasteiger charge is -2.07. The van der Waals surface area contributed by atoms with Crippen molar-refractivity contribution >= 4 is 5.82 Å². The molecule has 4 nitrogen and oxygen atoms in total. The monoisotopic (exact) mass is 174 g/mol. The van der Waals surface area contributed by atoms with Gasteiger partial charge in [0.15, 0.2) is 0 Å². The number of nitrogens with two attached hydrogens (primary N) is 1. The second-order valence-electron chi connectivity index (χ2n) is 2.81. The Morgan fingerprint density at radius 2 is 2.23 bits per heavy atom. The summed E-state index contributed by atoms with van der Waals surface area (Å²) in [5.74, 6) is 0.503. The second kappa shape index (κ2) is 2.90. The minimum atomic E-state index is 0.503. The van der Waals surface area contributed by atoms with E-state index in [1.54, 1.807) is 17.1 Å². The van der Waals surface area contributed by atoms with Crippen LogP contribution < -0.4 is 5.73 Å². The lowest BCUT2D eigenvalue weighted by atomic mass is 10.2. The lowest BCUT2D eigenvalue weighted by molar-refractivity contribution is 0.869. The van der Waals surface area contributed by atoms with Gasteiger partial charge in [-0.05, 0) is 24.6 Å². The topological polar surface area (TPSA) is 56.7 Å². The predicted octanol–water partition coefficient (Wildman–Crippen LogP) is 1.16. The van der Waals surface area contributed by atoms with E-state index >= 15 is 0 Å². The predicted molar refractivity (Wildman–Crippen MR) is 50.5 cm³/mol. The van der Waals surface area contributed by atoms with E-state index in [0.717, 1.165) is 11.3 Å². The van der Waals surface area contributed by atoms with Crippen molar-refractivity contribution in [2.24, 2.45) is 0 Å². The van der Waals surface area contributed by atoms with Gasteiger partial charge in [-0.3, -0.25) is 0 Å². The molecule has 0 spiro atoms. The molecular formula is C9H10N4. The molecule has 0 fully saturated rings. The van der Waals surface area contributed by atoms with Crippen molar-refractivity contribution in [3.05, 3.63) is 36.3 Å². The highest BCUT2D eigenvalue weighted by Crippen LogP contribution is 2.17. The first kappa shape index (κ1) is 7.79. The van der Waals surface area contributed by atoms with Crippen LogP contribution in [-0.2, 0) is 0 Å². The summed E-state index contributed by atoms with van der Waals surface area (Å²) in [4.78, 5) is 4.01. The molecule has 13 heavy (non-hydrogen) atoms. The quantitative estimate of drug-likeness (QED) is 0.705. The Morgan fingerprint density at radius 3 is 2.85 bits per heavy atom.